The van der Waals surface area contributed by atoms with Gasteiger partial charge in [0, 0.05) is 59.8 Å². The third-order valence-electron chi connectivity index (χ3n) is 8.55. The molecule has 2 saturated carbocycles. The molecule has 0 radical (unpaired) electrons. The van der Waals surface area contributed by atoms with Crippen LogP contribution in [0.1, 0.15) is 71.6 Å². The summed E-state index contributed by atoms with van der Waals surface area (Å²) in [6.45, 7) is 3.35. The number of carboxylic acids is 1. The van der Waals surface area contributed by atoms with Crippen molar-refractivity contribution in [3.8, 4) is 5.75 Å². The number of likely N-dealkylation sites (tertiary alicyclic amines) is 1. The van der Waals surface area contributed by atoms with Crippen molar-refractivity contribution in [1.29, 1.82) is 0 Å². The molecule has 8 heteroatoms. The van der Waals surface area contributed by atoms with E-state index in [0.29, 0.717) is 25.6 Å². The Balaban J connectivity index is 1.41. The molecule has 196 valence electrons. The van der Waals surface area contributed by atoms with Crippen LogP contribution in [-0.4, -0.2) is 46.6 Å². The fourth-order valence-electron chi connectivity index (χ4n) is 6.58. The molecule has 6 rings (SSSR count). The van der Waals surface area contributed by atoms with E-state index in [2.05, 4.69) is 28.2 Å². The van der Waals surface area contributed by atoms with Crippen LogP contribution >= 0.6 is 0 Å². The third-order valence-corrected chi connectivity index (χ3v) is 8.55. The number of methoxy groups -OCH3 is 1. The minimum atomic E-state index is -2.59. The highest BCUT2D eigenvalue weighted by molar-refractivity contribution is 5.89. The first-order valence-corrected chi connectivity index (χ1v) is 13.1. The number of anilines is 1. The lowest BCUT2D eigenvalue weighted by atomic mass is 9.58. The molecule has 2 heterocycles. The highest BCUT2D eigenvalue weighted by atomic mass is 19.3. The molecule has 0 amide bonds. The number of carboxylic acid groups (broad SMARTS) is 1. The number of rotatable bonds is 7. The predicted molar refractivity (Wildman–Crippen MR) is 139 cm³/mol. The van der Waals surface area contributed by atoms with Crippen molar-refractivity contribution >= 4 is 22.6 Å². The smallest absolute Gasteiger partial charge is 0.335 e. The van der Waals surface area contributed by atoms with Crippen molar-refractivity contribution < 1.29 is 23.4 Å². The minimum Gasteiger partial charge on any atom is -0.496 e. The molecule has 37 heavy (non-hydrogen) atoms. The topological polar surface area (TPSA) is 77.6 Å². The number of aromatic amines is 1. The molecular formula is C29H33F2N3O3. The normalized spacial score (nSPS) is 22.6. The lowest BCUT2D eigenvalue weighted by Gasteiger charge is -2.55. The number of aryl methyl sites for hydroxylation is 1. The van der Waals surface area contributed by atoms with Gasteiger partial charge in [-0.05, 0) is 80.0 Å². The molecule has 1 aliphatic heterocycles. The first-order valence-electron chi connectivity index (χ1n) is 13.1. The third kappa shape index (κ3) is 4.45. The van der Waals surface area contributed by atoms with Crippen LogP contribution in [0.4, 0.5) is 14.5 Å². The van der Waals surface area contributed by atoms with Crippen molar-refractivity contribution in [2.45, 2.75) is 70.0 Å². The van der Waals surface area contributed by atoms with Gasteiger partial charge in [-0.15, -0.1) is 0 Å². The largest absolute Gasteiger partial charge is 0.496 e. The summed E-state index contributed by atoms with van der Waals surface area (Å²) in [6.07, 6.45) is 5.24. The fourth-order valence-corrected chi connectivity index (χ4v) is 6.58. The van der Waals surface area contributed by atoms with E-state index in [1.165, 1.54) is 0 Å². The van der Waals surface area contributed by atoms with Crippen LogP contribution in [0, 0.1) is 12.3 Å². The van der Waals surface area contributed by atoms with E-state index in [1.807, 2.05) is 18.3 Å². The zero-order valence-electron chi connectivity index (χ0n) is 21.2. The molecule has 3 fully saturated rings. The fraction of sp³-hybridized carbons (Fsp3) is 0.483. The molecule has 1 spiro atoms. The quantitative estimate of drug-likeness (QED) is 0.338. The molecule has 3 N–H and O–H groups in total. The van der Waals surface area contributed by atoms with Crippen molar-refractivity contribution in [3.05, 3.63) is 58.8 Å². The van der Waals surface area contributed by atoms with Gasteiger partial charge in [0.25, 0.3) is 0 Å². The van der Waals surface area contributed by atoms with Gasteiger partial charge in [0.2, 0.25) is 5.92 Å². The molecule has 1 unspecified atom stereocenters. The highest BCUT2D eigenvalue weighted by Crippen LogP contribution is 2.61. The monoisotopic (exact) mass is 509 g/mol. The number of aromatic carboxylic acids is 1. The van der Waals surface area contributed by atoms with Crippen LogP contribution in [0.5, 0.6) is 5.75 Å². The van der Waals surface area contributed by atoms with Gasteiger partial charge in [0.1, 0.15) is 5.75 Å². The zero-order valence-corrected chi connectivity index (χ0v) is 21.2. The van der Waals surface area contributed by atoms with Crippen molar-refractivity contribution in [2.24, 2.45) is 5.41 Å². The second kappa shape index (κ2) is 8.72. The Hall–Kier alpha value is -3.13. The highest BCUT2D eigenvalue weighted by Gasteiger charge is 2.58. The number of fused-ring (bicyclic) bond motifs is 1. The molecule has 3 aromatic rings. The van der Waals surface area contributed by atoms with E-state index in [1.54, 1.807) is 19.2 Å². The molecule has 2 aromatic carbocycles. The summed E-state index contributed by atoms with van der Waals surface area (Å²) in [6, 6.07) is 9.56. The number of nitrogens with one attached hydrogen (secondary N) is 2. The van der Waals surface area contributed by atoms with Gasteiger partial charge in [-0.25, -0.2) is 13.6 Å². The maximum Gasteiger partial charge on any atom is 0.335 e. The molecular weight excluding hydrogens is 476 g/mol. The van der Waals surface area contributed by atoms with Crippen LogP contribution in [0.15, 0.2) is 36.5 Å². The van der Waals surface area contributed by atoms with Crippen LogP contribution in [0.2, 0.25) is 0 Å². The number of alkyl halides is 2. The number of aromatic nitrogens is 1. The standard InChI is InChI=1S/C29H33F2N3O3/c1-17-11-25(37-2)22(20-7-9-32-26(17)20)14-34-10-8-28(15-29(30,31)16-28)13-24(34)21-6-3-18(27(35)36)12-23(21)33-19-4-5-19/h3,6-7,9,11-12,19,24,32-33H,4-5,8,10,13-16H2,1-2H3,(H,35,36). The number of benzene rings is 2. The predicted octanol–water partition coefficient (Wildman–Crippen LogP) is 6.51. The van der Waals surface area contributed by atoms with E-state index >= 15 is 0 Å². The second-order valence-electron chi connectivity index (χ2n) is 11.3. The van der Waals surface area contributed by atoms with Crippen LogP contribution < -0.4 is 10.1 Å². The Morgan fingerprint density at radius 1 is 1.24 bits per heavy atom. The van der Waals surface area contributed by atoms with Gasteiger partial charge >= 0.3 is 5.97 Å². The number of halogens is 2. The number of carbonyl (C=O) groups is 1. The number of nitrogens with zero attached hydrogens (tertiary/aromatic N) is 1. The summed E-state index contributed by atoms with van der Waals surface area (Å²) in [5.74, 6) is -2.75. The molecule has 6 nitrogen and oxygen atoms in total. The first kappa shape index (κ1) is 24.2. The summed E-state index contributed by atoms with van der Waals surface area (Å²) in [5.41, 5.74) is 4.89. The Morgan fingerprint density at radius 3 is 2.70 bits per heavy atom. The van der Waals surface area contributed by atoms with Crippen LogP contribution in [-0.2, 0) is 6.54 Å². The first-order chi connectivity index (χ1) is 17.7. The molecule has 3 aliphatic rings. The Morgan fingerprint density at radius 2 is 2.03 bits per heavy atom. The van der Waals surface area contributed by atoms with Gasteiger partial charge in [0.05, 0.1) is 12.7 Å². The Bertz CT molecular complexity index is 1360. The second-order valence-corrected chi connectivity index (χ2v) is 11.3. The maximum absolute atomic E-state index is 14.1. The summed E-state index contributed by atoms with van der Waals surface area (Å²) in [4.78, 5) is 17.4. The van der Waals surface area contributed by atoms with Gasteiger partial charge in [0.15, 0.2) is 0 Å². The number of hydrogen-bond donors (Lipinski definition) is 3. The van der Waals surface area contributed by atoms with E-state index in [0.717, 1.165) is 58.3 Å². The number of H-pyrrole nitrogens is 1. The van der Waals surface area contributed by atoms with Gasteiger partial charge in [-0.2, -0.15) is 0 Å². The van der Waals surface area contributed by atoms with E-state index < -0.39 is 11.9 Å². The zero-order chi connectivity index (χ0) is 25.9. The number of piperidine rings is 1. The summed E-state index contributed by atoms with van der Waals surface area (Å²) in [5, 5.41) is 14.2. The van der Waals surface area contributed by atoms with Gasteiger partial charge < -0.3 is 20.1 Å². The van der Waals surface area contributed by atoms with Gasteiger partial charge in [-0.1, -0.05) is 6.07 Å². The van der Waals surface area contributed by atoms with Gasteiger partial charge in [-0.3, -0.25) is 4.90 Å². The number of hydrogen-bond acceptors (Lipinski definition) is 4. The van der Waals surface area contributed by atoms with Crippen LogP contribution in [0.25, 0.3) is 10.9 Å². The van der Waals surface area contributed by atoms with E-state index in [9.17, 15) is 18.7 Å². The molecule has 0 bridgehead atoms. The molecule has 1 atom stereocenters. The average molecular weight is 510 g/mol. The van der Waals surface area contributed by atoms with Crippen molar-refractivity contribution in [3.63, 3.8) is 0 Å². The van der Waals surface area contributed by atoms with Crippen molar-refractivity contribution in [1.82, 2.24) is 9.88 Å². The number of ether oxygens (including phenoxy) is 1. The summed E-state index contributed by atoms with van der Waals surface area (Å²) < 4.78 is 34.0. The molecule has 2 aliphatic carbocycles. The average Bonchev–Trinajstić information content (AvgIpc) is 3.51. The van der Waals surface area contributed by atoms with Crippen LogP contribution in [0.3, 0.4) is 0 Å². The lowest BCUT2D eigenvalue weighted by molar-refractivity contribution is -0.186. The van der Waals surface area contributed by atoms with E-state index in [-0.39, 0.29) is 29.9 Å². The SMILES string of the molecule is COc1cc(C)c2[nH]ccc2c1CN1CCC2(CC1c1ccc(C(=O)O)cc1NC1CC1)CC(F)(F)C2. The minimum absolute atomic E-state index is 0.0706. The van der Waals surface area contributed by atoms with Crippen molar-refractivity contribution in [2.75, 3.05) is 19.0 Å². The maximum atomic E-state index is 14.1. The summed E-state index contributed by atoms with van der Waals surface area (Å²) in [7, 11) is 1.68. The Kier molecular flexibility index (Phi) is 5.71. The van der Waals surface area contributed by atoms with E-state index in [4.69, 9.17) is 4.74 Å². The summed E-state index contributed by atoms with van der Waals surface area (Å²) >= 11 is 0. The Labute approximate surface area is 215 Å². The molecule has 1 saturated heterocycles. The molecule has 1 aromatic heterocycles. The lowest BCUT2D eigenvalue weighted by Crippen LogP contribution is -2.53.